The Morgan fingerprint density at radius 1 is 0.947 bits per heavy atom. The van der Waals surface area contributed by atoms with Crippen LogP contribution in [0.4, 0.5) is 0 Å². The van der Waals surface area contributed by atoms with Gasteiger partial charge < -0.3 is 0 Å². The fraction of sp³-hybridized carbons (Fsp3) is 0.562. The van der Waals surface area contributed by atoms with Gasteiger partial charge in [0, 0.05) is 0 Å². The van der Waals surface area contributed by atoms with Crippen molar-refractivity contribution in [2.24, 2.45) is 0 Å². The molecular weight excluding hydrogens is 240 g/mol. The van der Waals surface area contributed by atoms with Crippen LogP contribution in [0.1, 0.15) is 58.4 Å². The molecule has 0 aromatic heterocycles. The summed E-state index contributed by atoms with van der Waals surface area (Å²) in [6.07, 6.45) is 0.717. The van der Waals surface area contributed by atoms with Crippen LogP contribution in [0.2, 0.25) is 0 Å². The second kappa shape index (κ2) is 6.20. The highest BCUT2D eigenvalue weighted by Crippen LogP contribution is 2.26. The van der Waals surface area contributed by atoms with Gasteiger partial charge in [-0.1, -0.05) is 6.92 Å². The van der Waals surface area contributed by atoms with Crippen molar-refractivity contribution in [1.82, 2.24) is 0 Å². The van der Waals surface area contributed by atoms with Crippen LogP contribution in [0.15, 0.2) is 0 Å². The highest BCUT2D eigenvalue weighted by atomic mass is 17.2. The maximum atomic E-state index is 12.2. The standard InChI is InChI=1S/C16H24O3/c1-8-9(2)18-19-16(17)15-13(6)11(4)10(3)12(5)14(15)7/h9H,8H2,1-7H3. The van der Waals surface area contributed by atoms with Crippen molar-refractivity contribution in [3.8, 4) is 0 Å². The number of benzene rings is 1. The fourth-order valence-corrected chi connectivity index (χ4v) is 2.04. The molecule has 0 amide bonds. The second-order valence-electron chi connectivity index (χ2n) is 5.19. The summed E-state index contributed by atoms with van der Waals surface area (Å²) in [4.78, 5) is 22.2. The molecule has 1 unspecified atom stereocenters. The molecule has 0 radical (unpaired) electrons. The second-order valence-corrected chi connectivity index (χ2v) is 5.19. The Morgan fingerprint density at radius 2 is 1.37 bits per heavy atom. The molecule has 0 bridgehead atoms. The van der Waals surface area contributed by atoms with Crippen molar-refractivity contribution in [3.63, 3.8) is 0 Å². The topological polar surface area (TPSA) is 35.5 Å². The van der Waals surface area contributed by atoms with E-state index in [1.165, 1.54) is 5.56 Å². The Labute approximate surface area is 115 Å². The van der Waals surface area contributed by atoms with E-state index in [1.807, 2.05) is 41.5 Å². The fourth-order valence-electron chi connectivity index (χ4n) is 2.04. The van der Waals surface area contributed by atoms with Crippen LogP contribution >= 0.6 is 0 Å². The van der Waals surface area contributed by atoms with E-state index in [-0.39, 0.29) is 6.10 Å². The smallest absolute Gasteiger partial charge is 0.293 e. The van der Waals surface area contributed by atoms with Crippen LogP contribution in [0, 0.1) is 34.6 Å². The van der Waals surface area contributed by atoms with Gasteiger partial charge in [-0.25, -0.2) is 4.79 Å². The van der Waals surface area contributed by atoms with Crippen LogP contribution in [-0.4, -0.2) is 12.1 Å². The quantitative estimate of drug-likeness (QED) is 0.606. The summed E-state index contributed by atoms with van der Waals surface area (Å²) in [6, 6.07) is 0. The molecule has 0 saturated heterocycles. The lowest BCUT2D eigenvalue weighted by molar-refractivity contribution is -0.270. The zero-order valence-corrected chi connectivity index (χ0v) is 13.0. The van der Waals surface area contributed by atoms with Crippen LogP contribution in [-0.2, 0) is 9.78 Å². The minimum atomic E-state index is -0.401. The number of hydrogen-bond acceptors (Lipinski definition) is 3. The van der Waals surface area contributed by atoms with Crippen LogP contribution in [0.3, 0.4) is 0 Å². The number of carbonyl (C=O) groups excluding carboxylic acids is 1. The van der Waals surface area contributed by atoms with Gasteiger partial charge in [0.1, 0.15) is 6.10 Å². The van der Waals surface area contributed by atoms with Crippen molar-refractivity contribution in [3.05, 3.63) is 33.4 Å². The van der Waals surface area contributed by atoms with Crippen molar-refractivity contribution >= 4 is 5.97 Å². The van der Waals surface area contributed by atoms with Gasteiger partial charge in [-0.2, -0.15) is 4.89 Å². The van der Waals surface area contributed by atoms with Gasteiger partial charge in [-0.05, 0) is 75.8 Å². The van der Waals surface area contributed by atoms with E-state index in [2.05, 4.69) is 6.92 Å². The summed E-state index contributed by atoms with van der Waals surface area (Å²) in [5.74, 6) is -0.401. The lowest BCUT2D eigenvalue weighted by Crippen LogP contribution is -2.16. The van der Waals surface area contributed by atoms with Crippen molar-refractivity contribution in [2.75, 3.05) is 0 Å². The van der Waals surface area contributed by atoms with Crippen LogP contribution in [0.25, 0.3) is 0 Å². The number of hydrogen-bond donors (Lipinski definition) is 0. The zero-order valence-electron chi connectivity index (χ0n) is 13.0. The first kappa shape index (κ1) is 15.7. The Balaban J connectivity index is 3.10. The molecule has 1 aromatic rings. The third-order valence-electron chi connectivity index (χ3n) is 4.07. The largest absolute Gasteiger partial charge is 0.373 e. The monoisotopic (exact) mass is 264 g/mol. The van der Waals surface area contributed by atoms with Gasteiger partial charge in [0.05, 0.1) is 5.56 Å². The molecule has 0 fully saturated rings. The van der Waals surface area contributed by atoms with E-state index in [4.69, 9.17) is 9.78 Å². The highest BCUT2D eigenvalue weighted by molar-refractivity contribution is 5.93. The molecule has 1 atom stereocenters. The van der Waals surface area contributed by atoms with Gasteiger partial charge in [0.2, 0.25) is 0 Å². The minimum Gasteiger partial charge on any atom is -0.293 e. The maximum absolute atomic E-state index is 12.2. The molecule has 3 heteroatoms. The molecule has 1 aromatic carbocycles. The average molecular weight is 264 g/mol. The lowest BCUT2D eigenvalue weighted by Gasteiger charge is -2.17. The normalized spacial score (nSPS) is 12.4. The summed E-state index contributed by atoms with van der Waals surface area (Å²) in [6.45, 7) is 13.9. The molecule has 3 nitrogen and oxygen atoms in total. The molecule has 19 heavy (non-hydrogen) atoms. The predicted octanol–water partition coefficient (Wildman–Crippen LogP) is 4.12. The van der Waals surface area contributed by atoms with Gasteiger partial charge in [-0.3, -0.25) is 4.89 Å². The molecule has 0 aliphatic rings. The summed E-state index contributed by atoms with van der Waals surface area (Å²) < 4.78 is 0. The van der Waals surface area contributed by atoms with Gasteiger partial charge in [0.25, 0.3) is 0 Å². The Bertz CT molecular complexity index is 460. The lowest BCUT2D eigenvalue weighted by atomic mass is 9.90. The van der Waals surface area contributed by atoms with Crippen molar-refractivity contribution in [2.45, 2.75) is 61.0 Å². The van der Waals surface area contributed by atoms with E-state index >= 15 is 0 Å². The summed E-state index contributed by atoms with van der Waals surface area (Å²) in [5, 5.41) is 0. The molecule has 0 aliphatic carbocycles. The molecule has 0 aliphatic heterocycles. The van der Waals surface area contributed by atoms with Crippen LogP contribution in [0.5, 0.6) is 0 Å². The molecule has 1 rings (SSSR count). The maximum Gasteiger partial charge on any atom is 0.373 e. The van der Waals surface area contributed by atoms with E-state index in [1.54, 1.807) is 0 Å². The first-order valence-corrected chi connectivity index (χ1v) is 6.75. The molecule has 0 heterocycles. The minimum absolute atomic E-state index is 0.0859. The summed E-state index contributed by atoms with van der Waals surface area (Å²) >= 11 is 0. The highest BCUT2D eigenvalue weighted by Gasteiger charge is 2.20. The van der Waals surface area contributed by atoms with Gasteiger partial charge >= 0.3 is 5.97 Å². The molecule has 106 valence electrons. The number of carbonyl (C=O) groups is 1. The van der Waals surface area contributed by atoms with E-state index in [9.17, 15) is 4.79 Å². The molecular formula is C16H24O3. The van der Waals surface area contributed by atoms with E-state index in [0.717, 1.165) is 28.7 Å². The number of rotatable bonds is 4. The summed E-state index contributed by atoms with van der Waals surface area (Å²) in [7, 11) is 0. The predicted molar refractivity (Wildman–Crippen MR) is 76.4 cm³/mol. The Hall–Kier alpha value is -1.35. The van der Waals surface area contributed by atoms with E-state index < -0.39 is 5.97 Å². The SMILES string of the molecule is CCC(C)OOC(=O)c1c(C)c(C)c(C)c(C)c1C. The average Bonchev–Trinajstić information content (AvgIpc) is 2.40. The first-order valence-electron chi connectivity index (χ1n) is 6.75. The van der Waals surface area contributed by atoms with Crippen molar-refractivity contribution < 1.29 is 14.6 Å². The van der Waals surface area contributed by atoms with Gasteiger partial charge in [-0.15, -0.1) is 0 Å². The van der Waals surface area contributed by atoms with Crippen LogP contribution < -0.4 is 0 Å². The van der Waals surface area contributed by atoms with Crippen molar-refractivity contribution in [1.29, 1.82) is 0 Å². The van der Waals surface area contributed by atoms with E-state index in [0.29, 0.717) is 5.56 Å². The summed E-state index contributed by atoms with van der Waals surface area (Å²) in [5.41, 5.74) is 6.08. The Kier molecular flexibility index (Phi) is 5.12. The third kappa shape index (κ3) is 3.16. The first-order chi connectivity index (χ1) is 8.81. The molecule has 0 N–H and O–H groups in total. The van der Waals surface area contributed by atoms with Gasteiger partial charge in [0.15, 0.2) is 0 Å². The molecule has 0 saturated carbocycles. The molecule has 0 spiro atoms. The Morgan fingerprint density at radius 3 is 1.79 bits per heavy atom. The zero-order chi connectivity index (χ0) is 14.7. The third-order valence-corrected chi connectivity index (χ3v) is 4.07.